The Balaban J connectivity index is 2.56. The summed E-state index contributed by atoms with van der Waals surface area (Å²) in [6, 6.07) is 0. The van der Waals surface area contributed by atoms with Crippen LogP contribution in [0.4, 0.5) is 0 Å². The molecule has 1 saturated carbocycles. The van der Waals surface area contributed by atoms with Crippen LogP contribution in [0.1, 0.15) is 47.0 Å². The summed E-state index contributed by atoms with van der Waals surface area (Å²) >= 11 is 1.33. The predicted molar refractivity (Wildman–Crippen MR) is 84.3 cm³/mol. The van der Waals surface area contributed by atoms with Gasteiger partial charge in [0, 0.05) is 12.7 Å². The lowest BCUT2D eigenvalue weighted by Crippen LogP contribution is -2.60. The predicted octanol–water partition coefficient (Wildman–Crippen LogP) is 3.13. The van der Waals surface area contributed by atoms with Crippen molar-refractivity contribution in [3.63, 3.8) is 0 Å². The third kappa shape index (κ3) is 2.75. The van der Waals surface area contributed by atoms with Crippen LogP contribution in [0, 0.1) is 23.2 Å². The molecule has 1 heterocycles. The molecule has 0 aromatic heterocycles. The summed E-state index contributed by atoms with van der Waals surface area (Å²) in [5.74, 6) is -0.388. The molecule has 0 bridgehead atoms. The Bertz CT molecular complexity index is 444. The number of esters is 1. The third-order valence-corrected chi connectivity index (χ3v) is 6.27. The van der Waals surface area contributed by atoms with Gasteiger partial charge in [-0.05, 0) is 30.6 Å². The lowest BCUT2D eigenvalue weighted by molar-refractivity contribution is -0.250. The van der Waals surface area contributed by atoms with Gasteiger partial charge in [-0.15, -0.1) is 0 Å². The Labute approximate surface area is 136 Å². The minimum Gasteiger partial charge on any atom is -0.481 e. The van der Waals surface area contributed by atoms with Crippen molar-refractivity contribution in [3.8, 4) is 0 Å². The number of ether oxygens (including phenoxy) is 2. The number of thioether (sulfide) groups is 1. The first-order valence-corrected chi connectivity index (χ1v) is 8.94. The van der Waals surface area contributed by atoms with Crippen molar-refractivity contribution in [2.75, 3.05) is 12.4 Å². The third-order valence-electron chi connectivity index (χ3n) is 4.95. The van der Waals surface area contributed by atoms with Gasteiger partial charge in [0.2, 0.25) is 0 Å². The molecule has 4 atom stereocenters. The molecule has 2 rings (SSSR count). The van der Waals surface area contributed by atoms with E-state index in [0.29, 0.717) is 18.8 Å². The maximum Gasteiger partial charge on any atom is 0.317 e. The van der Waals surface area contributed by atoms with E-state index in [0.717, 1.165) is 12.8 Å². The van der Waals surface area contributed by atoms with Crippen LogP contribution in [0.3, 0.4) is 0 Å². The fourth-order valence-electron chi connectivity index (χ4n) is 4.14. The van der Waals surface area contributed by atoms with Crippen molar-refractivity contribution < 1.29 is 24.2 Å². The quantitative estimate of drug-likeness (QED) is 0.798. The molecule has 1 saturated heterocycles. The van der Waals surface area contributed by atoms with Crippen molar-refractivity contribution in [1.82, 2.24) is 0 Å². The molecular weight excluding hydrogens is 304 g/mol. The Hall–Kier alpha value is -0.750. The van der Waals surface area contributed by atoms with Gasteiger partial charge in [0.15, 0.2) is 0 Å². The average Bonchev–Trinajstić information content (AvgIpc) is 2.86. The fraction of sp³-hybridized carbons (Fsp3) is 0.875. The van der Waals surface area contributed by atoms with Gasteiger partial charge in [0.1, 0.15) is 5.41 Å². The largest absolute Gasteiger partial charge is 0.481 e. The SMILES string of the molecule is CC(=O)O[C@@]1([C@]2(C(=O)O)C[C@H](C)CC[C@@H]2C(C)C)OCCS1. The van der Waals surface area contributed by atoms with Gasteiger partial charge in [-0.1, -0.05) is 39.0 Å². The second-order valence-corrected chi connectivity index (χ2v) is 8.09. The maximum absolute atomic E-state index is 12.4. The van der Waals surface area contributed by atoms with Crippen molar-refractivity contribution in [2.45, 2.75) is 52.1 Å². The molecule has 0 unspecified atom stereocenters. The monoisotopic (exact) mass is 330 g/mol. The summed E-state index contributed by atoms with van der Waals surface area (Å²) < 4.78 is 11.4. The van der Waals surface area contributed by atoms with Gasteiger partial charge in [-0.25, -0.2) is 0 Å². The van der Waals surface area contributed by atoms with Crippen LogP contribution in [-0.4, -0.2) is 34.5 Å². The summed E-state index contributed by atoms with van der Waals surface area (Å²) in [5, 5.41) is 8.79. The lowest BCUT2D eigenvalue weighted by atomic mass is 9.59. The first-order valence-electron chi connectivity index (χ1n) is 7.96. The van der Waals surface area contributed by atoms with Crippen LogP contribution in [0.5, 0.6) is 0 Å². The van der Waals surface area contributed by atoms with E-state index in [1.807, 2.05) is 13.8 Å². The molecule has 2 aliphatic rings. The van der Waals surface area contributed by atoms with E-state index in [1.165, 1.54) is 18.7 Å². The highest BCUT2D eigenvalue weighted by Crippen LogP contribution is 2.60. The van der Waals surface area contributed by atoms with Crippen LogP contribution < -0.4 is 0 Å². The van der Waals surface area contributed by atoms with Crippen LogP contribution in [0.2, 0.25) is 0 Å². The van der Waals surface area contributed by atoms with Crippen molar-refractivity contribution >= 4 is 23.7 Å². The average molecular weight is 330 g/mol. The van der Waals surface area contributed by atoms with Crippen LogP contribution in [0.15, 0.2) is 0 Å². The number of carbonyl (C=O) groups excluding carboxylic acids is 1. The zero-order valence-electron chi connectivity index (χ0n) is 13.8. The smallest absolute Gasteiger partial charge is 0.317 e. The Morgan fingerprint density at radius 2 is 2.05 bits per heavy atom. The highest BCUT2D eigenvalue weighted by atomic mass is 32.2. The summed E-state index contributed by atoms with van der Waals surface area (Å²) in [4.78, 5) is 24.1. The molecule has 2 fully saturated rings. The molecule has 0 aromatic rings. The molecule has 1 aliphatic heterocycles. The summed E-state index contributed by atoms with van der Waals surface area (Å²) in [6.45, 7) is 7.87. The van der Waals surface area contributed by atoms with Gasteiger partial charge in [-0.3, -0.25) is 9.59 Å². The minimum atomic E-state index is -1.39. The summed E-state index contributed by atoms with van der Waals surface area (Å²) in [7, 11) is 0. The molecule has 126 valence electrons. The number of rotatable bonds is 4. The molecule has 6 heteroatoms. The van der Waals surface area contributed by atoms with E-state index >= 15 is 0 Å². The minimum absolute atomic E-state index is 0.0776. The van der Waals surface area contributed by atoms with E-state index in [9.17, 15) is 14.7 Å². The van der Waals surface area contributed by atoms with E-state index < -0.39 is 22.5 Å². The molecule has 0 spiro atoms. The van der Waals surface area contributed by atoms with Crippen molar-refractivity contribution in [2.24, 2.45) is 23.2 Å². The number of hydrogen-bond donors (Lipinski definition) is 1. The van der Waals surface area contributed by atoms with Crippen LogP contribution in [0.25, 0.3) is 0 Å². The number of carboxylic acids is 1. The van der Waals surface area contributed by atoms with Gasteiger partial charge in [0.25, 0.3) is 5.12 Å². The first kappa shape index (κ1) is 17.6. The molecule has 1 aliphatic carbocycles. The number of aliphatic carboxylic acids is 1. The van der Waals surface area contributed by atoms with Gasteiger partial charge < -0.3 is 14.6 Å². The highest BCUT2D eigenvalue weighted by molar-refractivity contribution is 8.00. The number of carbonyl (C=O) groups is 2. The molecule has 22 heavy (non-hydrogen) atoms. The van der Waals surface area contributed by atoms with Gasteiger partial charge >= 0.3 is 11.9 Å². The highest BCUT2D eigenvalue weighted by Gasteiger charge is 2.68. The Morgan fingerprint density at radius 1 is 1.36 bits per heavy atom. The van der Waals surface area contributed by atoms with E-state index in [-0.39, 0.29) is 17.8 Å². The summed E-state index contributed by atoms with van der Waals surface area (Å²) in [6.07, 6.45) is 2.29. The molecule has 0 radical (unpaired) electrons. The zero-order valence-corrected chi connectivity index (χ0v) is 14.6. The Morgan fingerprint density at radius 3 is 2.50 bits per heavy atom. The molecule has 1 N–H and O–H groups in total. The fourth-order valence-corrected chi connectivity index (χ4v) is 5.49. The van der Waals surface area contributed by atoms with E-state index in [1.54, 1.807) is 0 Å². The summed E-state index contributed by atoms with van der Waals surface area (Å²) in [5.41, 5.74) is -1.19. The molecule has 0 amide bonds. The lowest BCUT2D eigenvalue weighted by Gasteiger charge is -2.52. The maximum atomic E-state index is 12.4. The second-order valence-electron chi connectivity index (χ2n) is 6.86. The second kappa shape index (κ2) is 6.40. The topological polar surface area (TPSA) is 72.8 Å². The van der Waals surface area contributed by atoms with Gasteiger partial charge in [0.05, 0.1) is 6.61 Å². The number of carboxylic acid groups (broad SMARTS) is 1. The van der Waals surface area contributed by atoms with E-state index in [4.69, 9.17) is 9.47 Å². The molecule has 0 aromatic carbocycles. The molecule has 5 nitrogen and oxygen atoms in total. The number of hydrogen-bond acceptors (Lipinski definition) is 5. The van der Waals surface area contributed by atoms with Crippen molar-refractivity contribution in [1.29, 1.82) is 0 Å². The van der Waals surface area contributed by atoms with Crippen molar-refractivity contribution in [3.05, 3.63) is 0 Å². The van der Waals surface area contributed by atoms with E-state index in [2.05, 4.69) is 6.92 Å². The standard InChI is InChI=1S/C16H26O5S/c1-10(2)13-6-5-11(3)9-15(13,14(18)19)16(21-12(4)17)20-7-8-22-16/h10-11,13H,5-9H2,1-4H3,(H,18,19)/t11-,13-,15-,16-/m1/s1. The first-order chi connectivity index (χ1) is 10.2. The molecular formula is C16H26O5S. The van der Waals surface area contributed by atoms with Crippen LogP contribution in [-0.2, 0) is 19.1 Å². The Kier molecular flexibility index (Phi) is 5.12. The van der Waals surface area contributed by atoms with Gasteiger partial charge in [-0.2, -0.15) is 0 Å². The normalized spacial score (nSPS) is 39.0. The zero-order chi connectivity index (χ0) is 16.5. The van der Waals surface area contributed by atoms with Crippen LogP contribution >= 0.6 is 11.8 Å².